The lowest BCUT2D eigenvalue weighted by Gasteiger charge is -2.36. The largest absolute Gasteiger partial charge is 0.329 e. The highest BCUT2D eigenvalue weighted by molar-refractivity contribution is 6.06. The maximum Gasteiger partial charge on any atom is 0.328 e. The van der Waals surface area contributed by atoms with Crippen LogP contribution >= 0.6 is 0 Å². The Morgan fingerprint density at radius 1 is 1.14 bits per heavy atom. The van der Waals surface area contributed by atoms with Gasteiger partial charge in [-0.2, -0.15) is 0 Å². The SMILES string of the molecule is C[C@@H]1CNC[C@H](C)C1n1cc(C2CC2)c2cc(N3CCC(=O)NC3=O)cnc21. The molecular weight excluding hydrogens is 354 g/mol. The van der Waals surface area contributed by atoms with Crippen LogP contribution in [0.15, 0.2) is 18.5 Å². The molecule has 2 N–H and O–H groups in total. The van der Waals surface area contributed by atoms with Gasteiger partial charge in [0.25, 0.3) is 0 Å². The number of hydrogen-bond acceptors (Lipinski definition) is 4. The summed E-state index contributed by atoms with van der Waals surface area (Å²) in [5.74, 6) is 1.46. The van der Waals surface area contributed by atoms with Crippen molar-refractivity contribution in [3.05, 3.63) is 24.0 Å². The fourth-order valence-electron chi connectivity index (χ4n) is 4.94. The molecule has 4 heterocycles. The molecule has 1 unspecified atom stereocenters. The first-order chi connectivity index (χ1) is 13.5. The quantitative estimate of drug-likeness (QED) is 0.857. The summed E-state index contributed by atoms with van der Waals surface area (Å²) in [6, 6.07) is 2.16. The second kappa shape index (κ2) is 6.58. The van der Waals surface area contributed by atoms with Crippen molar-refractivity contribution in [1.82, 2.24) is 20.2 Å². The third-order valence-corrected chi connectivity index (χ3v) is 6.49. The number of carbonyl (C=O) groups excluding carboxylic acids is 2. The average molecular weight is 381 g/mol. The van der Waals surface area contributed by atoms with Crippen molar-refractivity contribution >= 4 is 28.7 Å². The minimum Gasteiger partial charge on any atom is -0.329 e. The van der Waals surface area contributed by atoms with Crippen molar-refractivity contribution in [1.29, 1.82) is 0 Å². The number of anilines is 1. The Hall–Kier alpha value is -2.41. The third-order valence-electron chi connectivity index (χ3n) is 6.49. The molecule has 0 aromatic carbocycles. The van der Waals surface area contributed by atoms with Gasteiger partial charge >= 0.3 is 6.03 Å². The topological polar surface area (TPSA) is 79.3 Å². The van der Waals surface area contributed by atoms with Gasteiger partial charge in [-0.3, -0.25) is 15.0 Å². The number of imide groups is 1. The molecule has 28 heavy (non-hydrogen) atoms. The Balaban J connectivity index is 1.58. The minimum absolute atomic E-state index is 0.214. The normalized spacial score (nSPS) is 28.6. The zero-order valence-electron chi connectivity index (χ0n) is 16.4. The number of urea groups is 1. The molecule has 3 fully saturated rings. The fourth-order valence-corrected chi connectivity index (χ4v) is 4.94. The van der Waals surface area contributed by atoms with E-state index in [9.17, 15) is 9.59 Å². The number of rotatable bonds is 3. The van der Waals surface area contributed by atoms with E-state index < -0.39 is 0 Å². The van der Waals surface area contributed by atoms with E-state index in [1.165, 1.54) is 18.4 Å². The number of pyridine rings is 1. The number of hydrogen-bond donors (Lipinski definition) is 2. The standard InChI is InChI=1S/C21H27N5O2/c1-12-8-22-9-13(2)19(12)26-11-17(14-3-4-14)16-7-15(10-23-20(16)26)25-6-5-18(27)24-21(25)28/h7,10-14,19,22H,3-6,8-9H2,1-2H3,(H,24,27,28)/t12-,13+,19?. The lowest BCUT2D eigenvalue weighted by molar-refractivity contribution is -0.120. The Kier molecular flexibility index (Phi) is 4.16. The van der Waals surface area contributed by atoms with Crippen molar-refractivity contribution in [2.24, 2.45) is 11.8 Å². The Morgan fingerprint density at radius 2 is 1.89 bits per heavy atom. The number of fused-ring (bicyclic) bond motifs is 1. The molecule has 7 heteroatoms. The van der Waals surface area contributed by atoms with E-state index in [4.69, 9.17) is 4.98 Å². The molecule has 5 rings (SSSR count). The van der Waals surface area contributed by atoms with Gasteiger partial charge in [0.1, 0.15) is 5.65 Å². The first-order valence-electron chi connectivity index (χ1n) is 10.4. The monoisotopic (exact) mass is 381 g/mol. The molecule has 2 saturated heterocycles. The molecule has 3 aliphatic rings. The van der Waals surface area contributed by atoms with E-state index in [0.29, 0.717) is 36.8 Å². The lowest BCUT2D eigenvalue weighted by Crippen LogP contribution is -2.49. The van der Waals surface area contributed by atoms with E-state index in [0.717, 1.165) is 29.8 Å². The van der Waals surface area contributed by atoms with Gasteiger partial charge in [0.05, 0.1) is 11.9 Å². The summed E-state index contributed by atoms with van der Waals surface area (Å²) in [6.45, 7) is 7.06. The molecule has 0 bridgehead atoms. The van der Waals surface area contributed by atoms with Crippen molar-refractivity contribution < 1.29 is 9.59 Å². The van der Waals surface area contributed by atoms with Gasteiger partial charge in [0.2, 0.25) is 5.91 Å². The maximum atomic E-state index is 12.3. The molecule has 148 valence electrons. The lowest BCUT2D eigenvalue weighted by atomic mass is 9.87. The molecule has 0 spiro atoms. The zero-order chi connectivity index (χ0) is 19.4. The number of nitrogens with zero attached hydrogens (tertiary/aromatic N) is 3. The van der Waals surface area contributed by atoms with Gasteiger partial charge in [-0.25, -0.2) is 9.78 Å². The van der Waals surface area contributed by atoms with Crippen LogP contribution in [0.1, 0.15) is 50.6 Å². The van der Waals surface area contributed by atoms with Gasteiger partial charge < -0.3 is 9.88 Å². The van der Waals surface area contributed by atoms with Gasteiger partial charge in [-0.1, -0.05) is 13.8 Å². The van der Waals surface area contributed by atoms with Gasteiger partial charge in [0.15, 0.2) is 0 Å². The summed E-state index contributed by atoms with van der Waals surface area (Å²) in [5, 5.41) is 7.08. The Bertz CT molecular complexity index is 938. The summed E-state index contributed by atoms with van der Waals surface area (Å²) in [4.78, 5) is 30.2. The summed E-state index contributed by atoms with van der Waals surface area (Å²) < 4.78 is 2.39. The molecule has 2 aliphatic heterocycles. The van der Waals surface area contributed by atoms with Crippen molar-refractivity contribution in [3.63, 3.8) is 0 Å². The minimum atomic E-state index is -0.356. The van der Waals surface area contributed by atoms with Crippen LogP contribution in [0.5, 0.6) is 0 Å². The van der Waals surface area contributed by atoms with Crippen LogP contribution in [0.2, 0.25) is 0 Å². The van der Waals surface area contributed by atoms with E-state index in [2.05, 4.69) is 41.3 Å². The van der Waals surface area contributed by atoms with Crippen LogP contribution in [-0.2, 0) is 4.79 Å². The van der Waals surface area contributed by atoms with Gasteiger partial charge in [-0.15, -0.1) is 0 Å². The Morgan fingerprint density at radius 3 is 2.57 bits per heavy atom. The van der Waals surface area contributed by atoms with Gasteiger partial charge in [0, 0.05) is 30.6 Å². The maximum absolute atomic E-state index is 12.3. The predicted octanol–water partition coefficient (Wildman–Crippen LogP) is 2.78. The van der Waals surface area contributed by atoms with Crippen LogP contribution in [-0.4, -0.2) is 41.1 Å². The average Bonchev–Trinajstić information content (AvgIpc) is 3.44. The van der Waals surface area contributed by atoms with Crippen LogP contribution < -0.4 is 15.5 Å². The van der Waals surface area contributed by atoms with Crippen LogP contribution in [0.25, 0.3) is 11.0 Å². The molecular formula is C21H27N5O2. The van der Waals surface area contributed by atoms with E-state index >= 15 is 0 Å². The van der Waals surface area contributed by atoms with Crippen LogP contribution in [0.3, 0.4) is 0 Å². The van der Waals surface area contributed by atoms with E-state index in [-0.39, 0.29) is 11.9 Å². The molecule has 1 aliphatic carbocycles. The number of nitrogens with one attached hydrogen (secondary N) is 2. The second-order valence-corrected chi connectivity index (χ2v) is 8.69. The van der Waals surface area contributed by atoms with Crippen molar-refractivity contribution in [2.45, 2.75) is 45.1 Å². The highest BCUT2D eigenvalue weighted by Crippen LogP contribution is 2.46. The number of carbonyl (C=O) groups is 2. The summed E-state index contributed by atoms with van der Waals surface area (Å²) in [7, 11) is 0. The molecule has 0 radical (unpaired) electrons. The number of amides is 3. The first-order valence-corrected chi connectivity index (χ1v) is 10.4. The molecule has 7 nitrogen and oxygen atoms in total. The zero-order valence-corrected chi connectivity index (χ0v) is 16.4. The summed E-state index contributed by atoms with van der Waals surface area (Å²) in [5.41, 5.74) is 3.14. The second-order valence-electron chi connectivity index (χ2n) is 8.69. The Labute approximate surface area is 164 Å². The molecule has 3 amide bonds. The number of aromatic nitrogens is 2. The van der Waals surface area contributed by atoms with Crippen molar-refractivity contribution in [3.8, 4) is 0 Å². The fraction of sp³-hybridized carbons (Fsp3) is 0.571. The predicted molar refractivity (Wildman–Crippen MR) is 107 cm³/mol. The molecule has 3 atom stereocenters. The molecule has 1 saturated carbocycles. The highest BCUT2D eigenvalue weighted by atomic mass is 16.2. The smallest absolute Gasteiger partial charge is 0.328 e. The van der Waals surface area contributed by atoms with E-state index in [1.807, 2.05) is 0 Å². The first kappa shape index (κ1) is 17.7. The summed E-state index contributed by atoms with van der Waals surface area (Å²) >= 11 is 0. The van der Waals surface area contributed by atoms with Crippen LogP contribution in [0.4, 0.5) is 10.5 Å². The third kappa shape index (κ3) is 2.89. The van der Waals surface area contributed by atoms with E-state index in [1.54, 1.807) is 11.1 Å². The van der Waals surface area contributed by atoms with Crippen molar-refractivity contribution in [2.75, 3.05) is 24.5 Å². The number of piperidine rings is 1. The summed E-state index contributed by atoms with van der Waals surface area (Å²) in [6.07, 6.45) is 6.87. The molecule has 2 aromatic rings. The van der Waals surface area contributed by atoms with Crippen LogP contribution in [0, 0.1) is 11.8 Å². The highest BCUT2D eigenvalue weighted by Gasteiger charge is 2.34. The molecule has 2 aromatic heterocycles. The van der Waals surface area contributed by atoms with Gasteiger partial charge in [-0.05, 0) is 55.3 Å².